The number of rotatable bonds is 14. The largest absolute Gasteiger partial charge is 0.346 e. The summed E-state index contributed by atoms with van der Waals surface area (Å²) >= 11 is 4.22. The van der Waals surface area contributed by atoms with Crippen molar-refractivity contribution in [3.63, 3.8) is 0 Å². The maximum atomic E-state index is 11.8. The van der Waals surface area contributed by atoms with Crippen molar-refractivity contribution in [2.75, 3.05) is 5.75 Å². The van der Waals surface area contributed by atoms with Gasteiger partial charge in [0.05, 0.1) is 6.04 Å². The summed E-state index contributed by atoms with van der Waals surface area (Å²) in [6, 6.07) is -0.185. The minimum absolute atomic E-state index is 0.0615. The molecule has 1 amide bonds. The molecule has 0 unspecified atom stereocenters. The van der Waals surface area contributed by atoms with Crippen LogP contribution in [0.2, 0.25) is 0 Å². The first-order chi connectivity index (χ1) is 11.2. The number of Topliss-reactive ketones (excluding diaryl/α,β-unsaturated/α-hetero) is 1. The Hall–Kier alpha value is -0.510. The fourth-order valence-electron chi connectivity index (χ4n) is 3.22. The van der Waals surface area contributed by atoms with Gasteiger partial charge in [-0.1, -0.05) is 57.8 Å². The second-order valence-corrected chi connectivity index (χ2v) is 7.29. The number of carbonyl (C=O) groups is 2. The van der Waals surface area contributed by atoms with Crippen molar-refractivity contribution in [2.24, 2.45) is 0 Å². The van der Waals surface area contributed by atoms with Crippen molar-refractivity contribution < 1.29 is 9.59 Å². The highest BCUT2D eigenvalue weighted by Gasteiger charge is 2.25. The minimum atomic E-state index is -0.185. The number of carbonyl (C=O) groups excluding carboxylic acids is 2. The SMILES string of the molecule is O=C(CCCCCCCCCCCCCS)N[C@@H]1CCCC1=O. The van der Waals surface area contributed by atoms with Crippen molar-refractivity contribution in [1.29, 1.82) is 0 Å². The van der Waals surface area contributed by atoms with E-state index in [2.05, 4.69) is 17.9 Å². The lowest BCUT2D eigenvalue weighted by Crippen LogP contribution is -2.37. The highest BCUT2D eigenvalue weighted by Crippen LogP contribution is 2.15. The molecule has 0 spiro atoms. The molecule has 1 aliphatic carbocycles. The average Bonchev–Trinajstić information content (AvgIpc) is 2.93. The van der Waals surface area contributed by atoms with Gasteiger partial charge in [-0.15, -0.1) is 0 Å². The molecule has 1 saturated carbocycles. The number of ketones is 1. The van der Waals surface area contributed by atoms with Crippen LogP contribution >= 0.6 is 12.6 Å². The van der Waals surface area contributed by atoms with Crippen LogP contribution in [0, 0.1) is 0 Å². The molecule has 3 nitrogen and oxygen atoms in total. The number of nitrogens with one attached hydrogen (secondary N) is 1. The summed E-state index contributed by atoms with van der Waals surface area (Å²) < 4.78 is 0. The molecule has 0 saturated heterocycles. The maximum Gasteiger partial charge on any atom is 0.220 e. The van der Waals surface area contributed by atoms with Crippen LogP contribution in [0.15, 0.2) is 0 Å². The van der Waals surface area contributed by atoms with Crippen molar-refractivity contribution >= 4 is 24.3 Å². The van der Waals surface area contributed by atoms with Crippen LogP contribution in [-0.2, 0) is 9.59 Å². The Morgan fingerprint density at radius 1 is 0.913 bits per heavy atom. The summed E-state index contributed by atoms with van der Waals surface area (Å²) in [7, 11) is 0. The van der Waals surface area contributed by atoms with Gasteiger partial charge < -0.3 is 5.32 Å². The van der Waals surface area contributed by atoms with Gasteiger partial charge in [-0.2, -0.15) is 12.6 Å². The molecule has 23 heavy (non-hydrogen) atoms. The van der Waals surface area contributed by atoms with E-state index < -0.39 is 0 Å². The molecule has 0 bridgehead atoms. The standard InChI is InChI=1S/C19H35NO2S/c21-18-14-12-13-17(18)20-19(22)15-10-8-6-4-2-1-3-5-7-9-11-16-23/h17,23H,1-16H2,(H,20,22)/t17-/m1/s1. The van der Waals surface area contributed by atoms with E-state index in [0.717, 1.165) is 31.4 Å². The van der Waals surface area contributed by atoms with Gasteiger partial charge in [0.15, 0.2) is 5.78 Å². The fraction of sp³-hybridized carbons (Fsp3) is 0.895. The zero-order valence-electron chi connectivity index (χ0n) is 14.7. The molecule has 0 aromatic heterocycles. The van der Waals surface area contributed by atoms with E-state index >= 15 is 0 Å². The Morgan fingerprint density at radius 3 is 1.91 bits per heavy atom. The van der Waals surface area contributed by atoms with Crippen LogP contribution in [0.5, 0.6) is 0 Å². The number of amides is 1. The van der Waals surface area contributed by atoms with E-state index in [-0.39, 0.29) is 17.7 Å². The van der Waals surface area contributed by atoms with E-state index in [9.17, 15) is 9.59 Å². The van der Waals surface area contributed by atoms with E-state index in [1.54, 1.807) is 0 Å². The summed E-state index contributed by atoms with van der Waals surface area (Å²) in [6.45, 7) is 0. The molecule has 4 heteroatoms. The molecule has 0 heterocycles. The first-order valence-electron chi connectivity index (χ1n) is 9.67. The Labute approximate surface area is 147 Å². The molecule has 0 radical (unpaired) electrons. The molecule has 1 aliphatic rings. The maximum absolute atomic E-state index is 11.8. The molecular weight excluding hydrogens is 306 g/mol. The monoisotopic (exact) mass is 341 g/mol. The Bertz CT molecular complexity index is 333. The third kappa shape index (κ3) is 10.8. The number of thiol groups is 1. The van der Waals surface area contributed by atoms with Gasteiger partial charge in [-0.3, -0.25) is 9.59 Å². The molecule has 1 N–H and O–H groups in total. The third-order valence-corrected chi connectivity index (χ3v) is 5.02. The number of unbranched alkanes of at least 4 members (excludes halogenated alkanes) is 10. The van der Waals surface area contributed by atoms with Gasteiger partial charge in [0.1, 0.15) is 0 Å². The van der Waals surface area contributed by atoms with E-state index in [0.29, 0.717) is 12.8 Å². The van der Waals surface area contributed by atoms with Gasteiger partial charge in [0.2, 0.25) is 5.91 Å². The lowest BCUT2D eigenvalue weighted by atomic mass is 10.1. The molecule has 1 rings (SSSR count). The van der Waals surface area contributed by atoms with Crippen molar-refractivity contribution in [3.05, 3.63) is 0 Å². The second kappa shape index (κ2) is 13.9. The Balaban J connectivity index is 1.80. The lowest BCUT2D eigenvalue weighted by molar-refractivity contribution is -0.126. The normalized spacial score (nSPS) is 17.6. The quantitative estimate of drug-likeness (QED) is 0.351. The highest BCUT2D eigenvalue weighted by atomic mass is 32.1. The van der Waals surface area contributed by atoms with Crippen molar-refractivity contribution in [3.8, 4) is 0 Å². The predicted molar refractivity (Wildman–Crippen MR) is 100 cm³/mol. The van der Waals surface area contributed by atoms with Crippen LogP contribution in [-0.4, -0.2) is 23.5 Å². The lowest BCUT2D eigenvalue weighted by Gasteiger charge is -2.10. The Morgan fingerprint density at radius 2 is 1.43 bits per heavy atom. The van der Waals surface area contributed by atoms with Crippen molar-refractivity contribution in [1.82, 2.24) is 5.32 Å². The third-order valence-electron chi connectivity index (χ3n) is 4.70. The van der Waals surface area contributed by atoms with E-state index in [1.807, 2.05) is 0 Å². The number of hydrogen-bond acceptors (Lipinski definition) is 3. The van der Waals surface area contributed by atoms with E-state index in [1.165, 1.54) is 57.8 Å². The molecule has 1 atom stereocenters. The molecular formula is C19H35NO2S. The summed E-state index contributed by atoms with van der Waals surface area (Å²) in [4.78, 5) is 23.2. The van der Waals surface area contributed by atoms with Gasteiger partial charge in [-0.25, -0.2) is 0 Å². The Kier molecular flexibility index (Phi) is 12.4. The average molecular weight is 342 g/mol. The van der Waals surface area contributed by atoms with Gasteiger partial charge in [0, 0.05) is 12.8 Å². The second-order valence-electron chi connectivity index (χ2n) is 6.84. The van der Waals surface area contributed by atoms with Crippen molar-refractivity contribution in [2.45, 2.75) is 102 Å². The first-order valence-corrected chi connectivity index (χ1v) is 10.3. The molecule has 134 valence electrons. The first kappa shape index (κ1) is 20.5. The molecule has 0 aromatic rings. The van der Waals surface area contributed by atoms with Crippen LogP contribution < -0.4 is 5.32 Å². The predicted octanol–water partition coefficient (Wildman–Crippen LogP) is 4.84. The summed E-state index contributed by atoms with van der Waals surface area (Å²) in [6.07, 6.45) is 17.0. The number of hydrogen-bond donors (Lipinski definition) is 2. The van der Waals surface area contributed by atoms with E-state index in [4.69, 9.17) is 0 Å². The summed E-state index contributed by atoms with van der Waals surface area (Å²) in [5.41, 5.74) is 0. The zero-order valence-corrected chi connectivity index (χ0v) is 15.5. The van der Waals surface area contributed by atoms with Gasteiger partial charge in [-0.05, 0) is 31.4 Å². The van der Waals surface area contributed by atoms with Crippen LogP contribution in [0.25, 0.3) is 0 Å². The molecule has 0 aliphatic heterocycles. The summed E-state index contributed by atoms with van der Waals surface area (Å²) in [5, 5.41) is 2.88. The zero-order chi connectivity index (χ0) is 16.8. The highest BCUT2D eigenvalue weighted by molar-refractivity contribution is 7.80. The smallest absolute Gasteiger partial charge is 0.220 e. The fourth-order valence-corrected chi connectivity index (χ4v) is 3.45. The van der Waals surface area contributed by atoms with Gasteiger partial charge in [0.25, 0.3) is 0 Å². The van der Waals surface area contributed by atoms with Crippen LogP contribution in [0.1, 0.15) is 96.3 Å². The van der Waals surface area contributed by atoms with Crippen LogP contribution in [0.4, 0.5) is 0 Å². The minimum Gasteiger partial charge on any atom is -0.346 e. The van der Waals surface area contributed by atoms with Gasteiger partial charge >= 0.3 is 0 Å². The molecule has 1 fully saturated rings. The topological polar surface area (TPSA) is 46.2 Å². The van der Waals surface area contributed by atoms with Crippen LogP contribution in [0.3, 0.4) is 0 Å². The molecule has 0 aromatic carbocycles. The summed E-state index contributed by atoms with van der Waals surface area (Å²) in [5.74, 6) is 1.30.